The van der Waals surface area contributed by atoms with E-state index in [1.807, 2.05) is 43.3 Å². The summed E-state index contributed by atoms with van der Waals surface area (Å²) in [5.41, 5.74) is 2.97. The van der Waals surface area contributed by atoms with E-state index in [1.54, 1.807) is 7.11 Å². The minimum atomic E-state index is -0.517. The summed E-state index contributed by atoms with van der Waals surface area (Å²) in [5.74, 6) is 1.53. The van der Waals surface area contributed by atoms with Crippen LogP contribution in [0.25, 0.3) is 0 Å². The summed E-state index contributed by atoms with van der Waals surface area (Å²) in [6.45, 7) is 2.01. The summed E-state index contributed by atoms with van der Waals surface area (Å²) in [5, 5.41) is 10.4. The first-order chi connectivity index (χ1) is 10.1. The first-order valence-electron chi connectivity index (χ1n) is 6.87. The minimum absolute atomic E-state index is 0.195. The van der Waals surface area contributed by atoms with E-state index in [0.29, 0.717) is 6.42 Å². The van der Waals surface area contributed by atoms with Crippen LogP contribution in [0.3, 0.4) is 0 Å². The molecule has 0 spiro atoms. The largest absolute Gasteiger partial charge is 0.497 e. The molecule has 0 aliphatic carbocycles. The quantitative estimate of drug-likeness (QED) is 0.877. The lowest BCUT2D eigenvalue weighted by Gasteiger charge is -2.30. The summed E-state index contributed by atoms with van der Waals surface area (Å²) in [6, 6.07) is 11.7. The van der Waals surface area contributed by atoms with Gasteiger partial charge in [-0.25, -0.2) is 0 Å². The Labute approximate surface area is 132 Å². The van der Waals surface area contributed by atoms with Crippen molar-refractivity contribution in [3.63, 3.8) is 0 Å². The Balaban J connectivity index is 1.97. The summed E-state index contributed by atoms with van der Waals surface area (Å²) in [4.78, 5) is 0. The van der Waals surface area contributed by atoms with Crippen LogP contribution < -0.4 is 9.47 Å². The number of hydrogen-bond donors (Lipinski definition) is 1. The van der Waals surface area contributed by atoms with Crippen molar-refractivity contribution in [2.75, 3.05) is 7.11 Å². The molecule has 3 rings (SSSR count). The Kier molecular flexibility index (Phi) is 3.91. The molecule has 0 radical (unpaired) electrons. The number of hydrogen-bond acceptors (Lipinski definition) is 3. The maximum atomic E-state index is 10.4. The molecule has 1 aliphatic heterocycles. The number of halogens is 1. The van der Waals surface area contributed by atoms with Gasteiger partial charge in [-0.15, -0.1) is 0 Å². The lowest BCUT2D eigenvalue weighted by molar-refractivity contribution is 0.0652. The van der Waals surface area contributed by atoms with Crippen molar-refractivity contribution < 1.29 is 14.6 Å². The smallest absolute Gasteiger partial charge is 0.128 e. The van der Waals surface area contributed by atoms with Crippen molar-refractivity contribution in [2.45, 2.75) is 25.6 Å². The lowest BCUT2D eigenvalue weighted by atomic mass is 9.94. The Bertz CT molecular complexity index is 669. The molecular weight excluding hydrogens is 332 g/mol. The zero-order valence-corrected chi connectivity index (χ0v) is 13.6. The van der Waals surface area contributed by atoms with E-state index in [1.165, 1.54) is 0 Å². The van der Waals surface area contributed by atoms with Gasteiger partial charge in [0.2, 0.25) is 0 Å². The normalized spacial score (nSPS) is 20.6. The molecule has 110 valence electrons. The second-order valence-corrected chi connectivity index (χ2v) is 6.14. The molecule has 0 bridgehead atoms. The third-order valence-corrected chi connectivity index (χ3v) is 4.50. The standard InChI is InChI=1S/C17H17BrO3/c1-10-3-6-16-13(7-10)15(19)9-17(21-16)12-8-11(20-2)4-5-14(12)18/h3-8,15,17,19H,9H2,1-2H3/t15-,17?/m1/s1. The molecule has 2 aromatic carbocycles. The van der Waals surface area contributed by atoms with Gasteiger partial charge in [-0.3, -0.25) is 0 Å². The first kappa shape index (κ1) is 14.4. The predicted octanol–water partition coefficient (Wildman–Crippen LogP) is 4.32. The van der Waals surface area contributed by atoms with Crippen molar-refractivity contribution in [3.8, 4) is 11.5 Å². The highest BCUT2D eigenvalue weighted by atomic mass is 79.9. The molecule has 0 saturated carbocycles. The first-order valence-corrected chi connectivity index (χ1v) is 7.66. The topological polar surface area (TPSA) is 38.7 Å². The Morgan fingerprint density at radius 2 is 2.00 bits per heavy atom. The van der Waals surface area contributed by atoms with Crippen LogP contribution in [0.15, 0.2) is 40.9 Å². The molecule has 1 aliphatic rings. The van der Waals surface area contributed by atoms with Crippen LogP contribution in [0.1, 0.15) is 35.3 Å². The highest BCUT2D eigenvalue weighted by molar-refractivity contribution is 9.10. The average molecular weight is 349 g/mol. The molecule has 0 saturated heterocycles. The number of aryl methyl sites for hydroxylation is 1. The van der Waals surface area contributed by atoms with Crippen molar-refractivity contribution in [1.29, 1.82) is 0 Å². The maximum Gasteiger partial charge on any atom is 0.128 e. The summed E-state index contributed by atoms with van der Waals surface area (Å²) >= 11 is 3.55. The fourth-order valence-corrected chi connectivity index (χ4v) is 3.15. The van der Waals surface area contributed by atoms with Crippen LogP contribution in [0.5, 0.6) is 11.5 Å². The second-order valence-electron chi connectivity index (χ2n) is 5.29. The third kappa shape index (κ3) is 2.78. The number of aliphatic hydroxyl groups excluding tert-OH is 1. The zero-order chi connectivity index (χ0) is 15.0. The van der Waals surface area contributed by atoms with E-state index >= 15 is 0 Å². The van der Waals surface area contributed by atoms with E-state index < -0.39 is 6.10 Å². The summed E-state index contributed by atoms with van der Waals surface area (Å²) < 4.78 is 12.3. The molecule has 0 amide bonds. The van der Waals surface area contributed by atoms with Crippen molar-refractivity contribution in [3.05, 3.63) is 57.6 Å². The molecule has 2 aromatic rings. The van der Waals surface area contributed by atoms with Gasteiger partial charge in [0.25, 0.3) is 0 Å². The highest BCUT2D eigenvalue weighted by Crippen LogP contribution is 2.43. The van der Waals surface area contributed by atoms with Gasteiger partial charge in [0.1, 0.15) is 17.6 Å². The third-order valence-electron chi connectivity index (χ3n) is 3.78. The van der Waals surface area contributed by atoms with E-state index in [9.17, 15) is 5.11 Å². The van der Waals surface area contributed by atoms with Gasteiger partial charge in [0.05, 0.1) is 13.2 Å². The molecule has 1 heterocycles. The number of benzene rings is 2. The van der Waals surface area contributed by atoms with E-state index in [0.717, 1.165) is 32.7 Å². The number of fused-ring (bicyclic) bond motifs is 1. The number of methoxy groups -OCH3 is 1. The second kappa shape index (κ2) is 5.70. The van der Waals surface area contributed by atoms with Crippen LogP contribution in [0.2, 0.25) is 0 Å². The molecule has 4 heteroatoms. The molecule has 1 N–H and O–H groups in total. The lowest BCUT2D eigenvalue weighted by Crippen LogP contribution is -2.19. The SMILES string of the molecule is COc1ccc(Br)c(C2C[C@@H](O)c3cc(C)ccc3O2)c1. The van der Waals surface area contributed by atoms with Crippen LogP contribution in [-0.4, -0.2) is 12.2 Å². The minimum Gasteiger partial charge on any atom is -0.497 e. The van der Waals surface area contributed by atoms with E-state index in [4.69, 9.17) is 9.47 Å². The van der Waals surface area contributed by atoms with E-state index in [-0.39, 0.29) is 6.10 Å². The van der Waals surface area contributed by atoms with E-state index in [2.05, 4.69) is 15.9 Å². The van der Waals surface area contributed by atoms with Gasteiger partial charge in [-0.1, -0.05) is 27.6 Å². The van der Waals surface area contributed by atoms with Gasteiger partial charge in [0, 0.05) is 22.0 Å². The Hall–Kier alpha value is -1.52. The van der Waals surface area contributed by atoms with Crippen LogP contribution in [0.4, 0.5) is 0 Å². The van der Waals surface area contributed by atoms with Gasteiger partial charge in [-0.05, 0) is 37.3 Å². The summed E-state index contributed by atoms with van der Waals surface area (Å²) in [7, 11) is 1.64. The maximum absolute atomic E-state index is 10.4. The molecular formula is C17H17BrO3. The monoisotopic (exact) mass is 348 g/mol. The number of ether oxygens (including phenoxy) is 2. The molecule has 2 atom stereocenters. The Morgan fingerprint density at radius 1 is 1.19 bits per heavy atom. The molecule has 3 nitrogen and oxygen atoms in total. The average Bonchev–Trinajstić information content (AvgIpc) is 2.48. The molecule has 1 unspecified atom stereocenters. The van der Waals surface area contributed by atoms with Gasteiger partial charge in [0.15, 0.2) is 0 Å². The highest BCUT2D eigenvalue weighted by Gasteiger charge is 2.29. The predicted molar refractivity (Wildman–Crippen MR) is 84.8 cm³/mol. The van der Waals surface area contributed by atoms with Crippen LogP contribution in [0, 0.1) is 6.92 Å². The molecule has 0 aromatic heterocycles. The van der Waals surface area contributed by atoms with Gasteiger partial charge >= 0.3 is 0 Å². The zero-order valence-electron chi connectivity index (χ0n) is 12.0. The van der Waals surface area contributed by atoms with Crippen molar-refractivity contribution in [2.24, 2.45) is 0 Å². The Morgan fingerprint density at radius 3 is 2.76 bits per heavy atom. The molecule has 0 fully saturated rings. The van der Waals surface area contributed by atoms with Crippen LogP contribution in [-0.2, 0) is 0 Å². The van der Waals surface area contributed by atoms with Crippen molar-refractivity contribution in [1.82, 2.24) is 0 Å². The van der Waals surface area contributed by atoms with Gasteiger partial charge in [-0.2, -0.15) is 0 Å². The number of aliphatic hydroxyl groups is 1. The molecule has 21 heavy (non-hydrogen) atoms. The van der Waals surface area contributed by atoms with Crippen molar-refractivity contribution >= 4 is 15.9 Å². The fraction of sp³-hybridized carbons (Fsp3) is 0.294. The van der Waals surface area contributed by atoms with Gasteiger partial charge < -0.3 is 14.6 Å². The summed E-state index contributed by atoms with van der Waals surface area (Å²) in [6.07, 6.45) is -0.182. The fourth-order valence-electron chi connectivity index (χ4n) is 2.65. The van der Waals surface area contributed by atoms with Crippen LogP contribution >= 0.6 is 15.9 Å². The number of rotatable bonds is 2.